The first-order valence-electron chi connectivity index (χ1n) is 9.49. The van der Waals surface area contributed by atoms with Gasteiger partial charge in [-0.05, 0) is 49.4 Å². The minimum absolute atomic E-state index is 0.229. The fourth-order valence-electron chi connectivity index (χ4n) is 3.05. The molecule has 0 saturated carbocycles. The molecule has 2 heterocycles. The van der Waals surface area contributed by atoms with E-state index >= 15 is 0 Å². The number of amides is 1. The largest absolute Gasteiger partial charge is 0.454 e. The lowest BCUT2D eigenvalue weighted by atomic mass is 10.1. The van der Waals surface area contributed by atoms with Gasteiger partial charge in [0, 0.05) is 29.2 Å². The first-order valence-corrected chi connectivity index (χ1v) is 9.49. The lowest BCUT2D eigenvalue weighted by molar-refractivity contribution is 0.0475. The van der Waals surface area contributed by atoms with Gasteiger partial charge in [0.05, 0.1) is 5.69 Å². The summed E-state index contributed by atoms with van der Waals surface area (Å²) in [6.07, 6.45) is 3.23. The molecule has 2 aromatic carbocycles. The Morgan fingerprint density at radius 2 is 1.71 bits per heavy atom. The number of rotatable bonds is 6. The number of benzene rings is 2. The summed E-state index contributed by atoms with van der Waals surface area (Å²) in [6.45, 7) is 1.26. The van der Waals surface area contributed by atoms with E-state index < -0.39 is 12.6 Å². The Bertz CT molecular complexity index is 1260. The molecule has 0 atom stereocenters. The van der Waals surface area contributed by atoms with Crippen molar-refractivity contribution < 1.29 is 19.1 Å². The summed E-state index contributed by atoms with van der Waals surface area (Å²) in [6, 6.07) is 16.9. The number of carbonyl (C=O) groups excluding carboxylic acids is 3. The van der Waals surface area contributed by atoms with E-state index in [4.69, 9.17) is 4.74 Å². The van der Waals surface area contributed by atoms with Crippen LogP contribution < -0.4 is 5.32 Å². The summed E-state index contributed by atoms with van der Waals surface area (Å²) in [7, 11) is 0. The fourth-order valence-corrected chi connectivity index (χ4v) is 3.05. The van der Waals surface area contributed by atoms with Crippen LogP contribution in [0.4, 0.5) is 5.69 Å². The Hall–Kier alpha value is -4.33. The van der Waals surface area contributed by atoms with Crippen molar-refractivity contribution in [1.82, 2.24) is 14.6 Å². The molecule has 4 rings (SSSR count). The highest BCUT2D eigenvalue weighted by Gasteiger charge is 2.20. The first kappa shape index (κ1) is 20.0. The lowest BCUT2D eigenvalue weighted by Crippen LogP contribution is -2.15. The highest BCUT2D eigenvalue weighted by molar-refractivity contribution is 6.05. The van der Waals surface area contributed by atoms with Gasteiger partial charge in [-0.2, -0.15) is 5.10 Å². The van der Waals surface area contributed by atoms with E-state index in [0.29, 0.717) is 28.2 Å². The van der Waals surface area contributed by atoms with Gasteiger partial charge in [0.25, 0.3) is 5.91 Å². The van der Waals surface area contributed by atoms with Crippen molar-refractivity contribution in [3.05, 3.63) is 95.4 Å². The van der Waals surface area contributed by atoms with Crippen molar-refractivity contribution in [2.75, 3.05) is 11.9 Å². The van der Waals surface area contributed by atoms with Gasteiger partial charge >= 0.3 is 5.97 Å². The van der Waals surface area contributed by atoms with Crippen LogP contribution >= 0.6 is 0 Å². The normalized spacial score (nSPS) is 10.6. The number of esters is 1. The highest BCUT2D eigenvalue weighted by Crippen LogP contribution is 2.15. The van der Waals surface area contributed by atoms with E-state index in [0.717, 1.165) is 0 Å². The van der Waals surface area contributed by atoms with Crippen LogP contribution in [0.15, 0.2) is 73.1 Å². The SMILES string of the molecule is Cc1nn2cccnc2c1C(=O)OCC(=O)c1ccc(NC(=O)c2ccccc2)cc1. The molecular weight excluding hydrogens is 396 g/mol. The van der Waals surface area contributed by atoms with Gasteiger partial charge in [0.15, 0.2) is 18.0 Å². The summed E-state index contributed by atoms with van der Waals surface area (Å²) >= 11 is 0. The smallest absolute Gasteiger partial charge is 0.344 e. The van der Waals surface area contributed by atoms with Crippen molar-refractivity contribution in [2.24, 2.45) is 0 Å². The number of Topliss-reactive ketones (excluding diaryl/α,β-unsaturated/α-hetero) is 1. The van der Waals surface area contributed by atoms with Crippen LogP contribution in [-0.2, 0) is 4.74 Å². The topological polar surface area (TPSA) is 103 Å². The van der Waals surface area contributed by atoms with E-state index in [9.17, 15) is 14.4 Å². The predicted octanol–water partition coefficient (Wildman–Crippen LogP) is 3.33. The second kappa shape index (κ2) is 8.58. The van der Waals surface area contributed by atoms with Gasteiger partial charge < -0.3 is 10.1 Å². The Kier molecular flexibility index (Phi) is 5.53. The maximum absolute atomic E-state index is 12.5. The molecule has 0 radical (unpaired) electrons. The number of aryl methyl sites for hydroxylation is 1. The number of carbonyl (C=O) groups is 3. The van der Waals surface area contributed by atoms with Gasteiger partial charge in [-0.3, -0.25) is 9.59 Å². The molecule has 0 aliphatic carbocycles. The lowest BCUT2D eigenvalue weighted by Gasteiger charge is -2.07. The van der Waals surface area contributed by atoms with Crippen molar-refractivity contribution in [2.45, 2.75) is 6.92 Å². The molecule has 1 amide bonds. The second-order valence-electron chi connectivity index (χ2n) is 6.75. The maximum atomic E-state index is 12.5. The number of nitrogens with one attached hydrogen (secondary N) is 1. The Morgan fingerprint density at radius 1 is 0.968 bits per heavy atom. The summed E-state index contributed by atoms with van der Waals surface area (Å²) in [5.41, 5.74) is 2.51. The van der Waals surface area contributed by atoms with Crippen LogP contribution in [0.25, 0.3) is 5.65 Å². The molecule has 8 nitrogen and oxygen atoms in total. The quantitative estimate of drug-likeness (QED) is 0.383. The van der Waals surface area contributed by atoms with Crippen molar-refractivity contribution in [3.8, 4) is 0 Å². The summed E-state index contributed by atoms with van der Waals surface area (Å²) in [5, 5.41) is 6.97. The van der Waals surface area contributed by atoms with Crippen LogP contribution in [0, 0.1) is 6.92 Å². The number of ketones is 1. The summed E-state index contributed by atoms with van der Waals surface area (Å²) < 4.78 is 6.67. The van der Waals surface area contributed by atoms with Crippen LogP contribution in [-0.4, -0.2) is 38.9 Å². The predicted molar refractivity (Wildman–Crippen MR) is 113 cm³/mol. The Balaban J connectivity index is 1.38. The molecule has 2 aromatic heterocycles. The van der Waals surface area contributed by atoms with E-state index in [-0.39, 0.29) is 17.3 Å². The summed E-state index contributed by atoms with van der Waals surface area (Å²) in [4.78, 5) is 41.2. The second-order valence-corrected chi connectivity index (χ2v) is 6.75. The van der Waals surface area contributed by atoms with E-state index in [1.807, 2.05) is 6.07 Å². The molecule has 0 unspecified atom stereocenters. The average Bonchev–Trinajstić information content (AvgIpc) is 3.14. The van der Waals surface area contributed by atoms with E-state index in [1.54, 1.807) is 73.9 Å². The first-order chi connectivity index (χ1) is 15.0. The molecule has 154 valence electrons. The number of aromatic nitrogens is 3. The van der Waals surface area contributed by atoms with Gasteiger partial charge in [-0.25, -0.2) is 14.3 Å². The highest BCUT2D eigenvalue weighted by atomic mass is 16.5. The third kappa shape index (κ3) is 4.32. The molecule has 0 aliphatic heterocycles. The zero-order valence-electron chi connectivity index (χ0n) is 16.6. The molecule has 0 saturated heterocycles. The number of anilines is 1. The van der Waals surface area contributed by atoms with E-state index in [2.05, 4.69) is 15.4 Å². The van der Waals surface area contributed by atoms with Crippen LogP contribution in [0.1, 0.15) is 36.8 Å². The molecule has 0 fully saturated rings. The van der Waals surface area contributed by atoms with Crippen molar-refractivity contribution >= 4 is 29.0 Å². The molecule has 4 aromatic rings. The van der Waals surface area contributed by atoms with Gasteiger partial charge in [0.1, 0.15) is 5.56 Å². The standard InChI is InChI=1S/C23H18N4O4/c1-15-20(21-24-12-5-13-27(21)26-15)23(30)31-14-19(28)16-8-10-18(11-9-16)25-22(29)17-6-3-2-4-7-17/h2-13H,14H2,1H3,(H,25,29). The third-order valence-corrected chi connectivity index (χ3v) is 4.61. The van der Waals surface area contributed by atoms with Gasteiger partial charge in [-0.1, -0.05) is 18.2 Å². The number of ether oxygens (including phenoxy) is 1. The molecule has 1 N–H and O–H groups in total. The van der Waals surface area contributed by atoms with Crippen LogP contribution in [0.3, 0.4) is 0 Å². The Labute approximate surface area is 177 Å². The fraction of sp³-hybridized carbons (Fsp3) is 0.0870. The number of hydrogen-bond acceptors (Lipinski definition) is 6. The molecular formula is C23H18N4O4. The minimum atomic E-state index is -0.661. The maximum Gasteiger partial charge on any atom is 0.344 e. The van der Waals surface area contributed by atoms with E-state index in [1.165, 1.54) is 4.52 Å². The molecule has 0 aliphatic rings. The van der Waals surface area contributed by atoms with Crippen LogP contribution in [0.2, 0.25) is 0 Å². The molecule has 8 heteroatoms. The third-order valence-electron chi connectivity index (χ3n) is 4.61. The zero-order chi connectivity index (χ0) is 21.8. The molecule has 0 spiro atoms. The molecule has 0 bridgehead atoms. The van der Waals surface area contributed by atoms with Gasteiger partial charge in [-0.15, -0.1) is 0 Å². The van der Waals surface area contributed by atoms with Crippen molar-refractivity contribution in [3.63, 3.8) is 0 Å². The number of hydrogen-bond donors (Lipinski definition) is 1. The van der Waals surface area contributed by atoms with Crippen molar-refractivity contribution in [1.29, 1.82) is 0 Å². The Morgan fingerprint density at radius 3 is 2.45 bits per heavy atom. The van der Waals surface area contributed by atoms with Gasteiger partial charge in [0.2, 0.25) is 0 Å². The van der Waals surface area contributed by atoms with Crippen LogP contribution in [0.5, 0.6) is 0 Å². The minimum Gasteiger partial charge on any atom is -0.454 e. The molecule has 31 heavy (non-hydrogen) atoms. The number of nitrogens with zero attached hydrogens (tertiary/aromatic N) is 3. The zero-order valence-corrected chi connectivity index (χ0v) is 16.6. The average molecular weight is 414 g/mol. The monoisotopic (exact) mass is 414 g/mol. The summed E-state index contributed by atoms with van der Waals surface area (Å²) in [5.74, 6) is -1.27. The number of fused-ring (bicyclic) bond motifs is 1.